The summed E-state index contributed by atoms with van der Waals surface area (Å²) in [6.07, 6.45) is 2.36. The van der Waals surface area contributed by atoms with Crippen LogP contribution < -0.4 is 16.0 Å². The molecule has 0 spiro atoms. The molecule has 1 fully saturated rings. The molecule has 1 aliphatic heterocycles. The van der Waals surface area contributed by atoms with E-state index in [1.165, 1.54) is 19.4 Å². The lowest BCUT2D eigenvalue weighted by Crippen LogP contribution is -2.44. The number of hydrogen-bond donors (Lipinski definition) is 2. The van der Waals surface area contributed by atoms with Gasteiger partial charge in [-0.1, -0.05) is 26.0 Å². The maximum atomic E-state index is 12.5. The summed E-state index contributed by atoms with van der Waals surface area (Å²) in [6, 6.07) is 15.7. The van der Waals surface area contributed by atoms with E-state index in [2.05, 4.69) is 36.0 Å². The quantitative estimate of drug-likeness (QED) is 0.742. The molecule has 0 radical (unpaired) electrons. The number of carbonyl (C=O) groups excluding carboxylic acids is 1. The predicted molar refractivity (Wildman–Crippen MR) is 118 cm³/mol. The average Bonchev–Trinajstić information content (AvgIpc) is 2.69. The second kappa shape index (κ2) is 9.11. The first-order chi connectivity index (χ1) is 13.4. The maximum absolute atomic E-state index is 12.5. The second-order valence-electron chi connectivity index (χ2n) is 8.12. The van der Waals surface area contributed by atoms with E-state index in [0.29, 0.717) is 23.0 Å². The molecular weight excluding hydrogens is 348 g/mol. The van der Waals surface area contributed by atoms with Gasteiger partial charge in [-0.15, -0.1) is 0 Å². The van der Waals surface area contributed by atoms with Crippen molar-refractivity contribution < 1.29 is 4.79 Å². The molecule has 0 unspecified atom stereocenters. The van der Waals surface area contributed by atoms with Crippen molar-refractivity contribution in [3.8, 4) is 0 Å². The molecule has 1 amide bonds. The number of anilines is 3. The molecule has 0 aromatic heterocycles. The molecule has 1 aliphatic rings. The normalized spacial score (nSPS) is 15.6. The monoisotopic (exact) mass is 380 g/mol. The Morgan fingerprint density at radius 1 is 1.14 bits per heavy atom. The third-order valence-electron chi connectivity index (χ3n) is 5.47. The van der Waals surface area contributed by atoms with Gasteiger partial charge in [0.1, 0.15) is 0 Å². The lowest BCUT2D eigenvalue weighted by Gasteiger charge is -2.38. The molecule has 0 saturated carbocycles. The molecule has 3 rings (SSSR count). The second-order valence-corrected chi connectivity index (χ2v) is 8.12. The number of piperidine rings is 1. The van der Waals surface area contributed by atoms with Gasteiger partial charge in [0.2, 0.25) is 0 Å². The number of rotatable bonds is 6. The highest BCUT2D eigenvalue weighted by molar-refractivity contribution is 6.05. The molecule has 5 heteroatoms. The Kier molecular flexibility index (Phi) is 6.57. The zero-order valence-electron chi connectivity index (χ0n) is 17.2. The van der Waals surface area contributed by atoms with Crippen LogP contribution in [0.25, 0.3) is 0 Å². The van der Waals surface area contributed by atoms with Crippen molar-refractivity contribution in [2.45, 2.75) is 32.7 Å². The SMILES string of the molecule is CC(C)CN1CCC(N(C)c2ccc(C(=O)Nc3ccccc3N)cc2)CC1. The molecule has 28 heavy (non-hydrogen) atoms. The highest BCUT2D eigenvalue weighted by atomic mass is 16.1. The van der Waals surface area contributed by atoms with Crippen LogP contribution in [0, 0.1) is 5.92 Å². The maximum Gasteiger partial charge on any atom is 0.255 e. The molecule has 0 bridgehead atoms. The molecule has 1 heterocycles. The van der Waals surface area contributed by atoms with E-state index in [1.54, 1.807) is 12.1 Å². The van der Waals surface area contributed by atoms with E-state index in [4.69, 9.17) is 5.73 Å². The van der Waals surface area contributed by atoms with E-state index < -0.39 is 0 Å². The van der Waals surface area contributed by atoms with Gasteiger partial charge in [-0.3, -0.25) is 4.79 Å². The van der Waals surface area contributed by atoms with E-state index in [-0.39, 0.29) is 5.91 Å². The van der Waals surface area contributed by atoms with Crippen molar-refractivity contribution in [2.24, 2.45) is 5.92 Å². The van der Waals surface area contributed by atoms with Crippen molar-refractivity contribution in [1.29, 1.82) is 0 Å². The van der Waals surface area contributed by atoms with Gasteiger partial charge in [0.25, 0.3) is 5.91 Å². The fourth-order valence-corrected chi connectivity index (χ4v) is 3.87. The average molecular weight is 381 g/mol. The largest absolute Gasteiger partial charge is 0.397 e. The standard InChI is InChI=1S/C23H32N4O/c1-17(2)16-27-14-12-20(13-15-27)26(3)19-10-8-18(9-11-19)23(28)25-22-7-5-4-6-21(22)24/h4-11,17,20H,12-16,24H2,1-3H3,(H,25,28). The molecule has 0 atom stereocenters. The van der Waals surface area contributed by atoms with Crippen molar-refractivity contribution in [1.82, 2.24) is 4.90 Å². The summed E-state index contributed by atoms with van der Waals surface area (Å²) in [5, 5.41) is 2.88. The van der Waals surface area contributed by atoms with E-state index in [0.717, 1.165) is 24.7 Å². The molecule has 150 valence electrons. The summed E-state index contributed by atoms with van der Waals surface area (Å²) in [4.78, 5) is 17.4. The number of nitrogens with zero attached hydrogens (tertiary/aromatic N) is 2. The zero-order chi connectivity index (χ0) is 20.1. The first-order valence-corrected chi connectivity index (χ1v) is 10.1. The van der Waals surface area contributed by atoms with Crippen LogP contribution in [0.5, 0.6) is 0 Å². The first kappa shape index (κ1) is 20.2. The summed E-state index contributed by atoms with van der Waals surface area (Å²) < 4.78 is 0. The summed E-state index contributed by atoms with van der Waals surface area (Å²) in [7, 11) is 2.16. The Morgan fingerprint density at radius 3 is 2.39 bits per heavy atom. The van der Waals surface area contributed by atoms with Crippen LogP contribution in [0.1, 0.15) is 37.0 Å². The topological polar surface area (TPSA) is 61.6 Å². The Morgan fingerprint density at radius 2 is 1.79 bits per heavy atom. The van der Waals surface area contributed by atoms with Gasteiger partial charge in [-0.2, -0.15) is 0 Å². The van der Waals surface area contributed by atoms with Crippen LogP contribution in [-0.4, -0.2) is 43.5 Å². The van der Waals surface area contributed by atoms with Gasteiger partial charge in [0.05, 0.1) is 11.4 Å². The Balaban J connectivity index is 1.58. The highest BCUT2D eigenvalue weighted by Crippen LogP contribution is 2.24. The minimum Gasteiger partial charge on any atom is -0.397 e. The van der Waals surface area contributed by atoms with Crippen LogP contribution in [0.15, 0.2) is 48.5 Å². The third kappa shape index (κ3) is 5.04. The minimum absolute atomic E-state index is 0.144. The number of benzene rings is 2. The zero-order valence-corrected chi connectivity index (χ0v) is 17.2. The lowest BCUT2D eigenvalue weighted by molar-refractivity contribution is 0.102. The minimum atomic E-state index is -0.144. The van der Waals surface area contributed by atoms with Crippen LogP contribution in [0.2, 0.25) is 0 Å². The first-order valence-electron chi connectivity index (χ1n) is 10.1. The van der Waals surface area contributed by atoms with Gasteiger partial charge < -0.3 is 20.9 Å². The number of carbonyl (C=O) groups is 1. The van der Waals surface area contributed by atoms with Crippen LogP contribution >= 0.6 is 0 Å². The fourth-order valence-electron chi connectivity index (χ4n) is 3.87. The van der Waals surface area contributed by atoms with Gasteiger partial charge in [0.15, 0.2) is 0 Å². The van der Waals surface area contributed by atoms with Crippen LogP contribution in [0.3, 0.4) is 0 Å². The van der Waals surface area contributed by atoms with Crippen LogP contribution in [-0.2, 0) is 0 Å². The number of nitrogens with two attached hydrogens (primary N) is 1. The Bertz CT molecular complexity index is 779. The molecule has 0 aliphatic carbocycles. The summed E-state index contributed by atoms with van der Waals surface area (Å²) in [5.74, 6) is 0.577. The number of amides is 1. The summed E-state index contributed by atoms with van der Waals surface area (Å²) in [5.41, 5.74) is 8.89. The van der Waals surface area contributed by atoms with Gasteiger partial charge >= 0.3 is 0 Å². The third-order valence-corrected chi connectivity index (χ3v) is 5.47. The number of nitrogen functional groups attached to an aromatic ring is 1. The van der Waals surface area contributed by atoms with Gasteiger partial charge in [-0.05, 0) is 55.2 Å². The number of nitrogens with one attached hydrogen (secondary N) is 1. The summed E-state index contributed by atoms with van der Waals surface area (Å²) in [6.45, 7) is 8.06. The number of para-hydroxylation sites is 2. The predicted octanol–water partition coefficient (Wildman–Crippen LogP) is 4.08. The van der Waals surface area contributed by atoms with Gasteiger partial charge in [0, 0.05) is 44.0 Å². The molecule has 5 nitrogen and oxygen atoms in total. The van der Waals surface area contributed by atoms with E-state index in [9.17, 15) is 4.79 Å². The van der Waals surface area contributed by atoms with Crippen molar-refractivity contribution in [2.75, 3.05) is 42.6 Å². The fraction of sp³-hybridized carbons (Fsp3) is 0.435. The number of likely N-dealkylation sites (tertiary alicyclic amines) is 1. The Labute approximate surface area is 168 Å². The number of hydrogen-bond acceptors (Lipinski definition) is 4. The van der Waals surface area contributed by atoms with Crippen molar-refractivity contribution >= 4 is 23.0 Å². The molecule has 1 saturated heterocycles. The molecule has 3 N–H and O–H groups in total. The lowest BCUT2D eigenvalue weighted by atomic mass is 10.0. The van der Waals surface area contributed by atoms with Gasteiger partial charge in [-0.25, -0.2) is 0 Å². The smallest absolute Gasteiger partial charge is 0.255 e. The van der Waals surface area contributed by atoms with E-state index in [1.807, 2.05) is 36.4 Å². The van der Waals surface area contributed by atoms with E-state index >= 15 is 0 Å². The summed E-state index contributed by atoms with van der Waals surface area (Å²) >= 11 is 0. The van der Waals surface area contributed by atoms with Crippen molar-refractivity contribution in [3.63, 3.8) is 0 Å². The Hall–Kier alpha value is -2.53. The van der Waals surface area contributed by atoms with Crippen LogP contribution in [0.4, 0.5) is 17.1 Å². The molecule has 2 aromatic rings. The van der Waals surface area contributed by atoms with Crippen molar-refractivity contribution in [3.05, 3.63) is 54.1 Å². The molecular formula is C23H32N4O. The highest BCUT2D eigenvalue weighted by Gasteiger charge is 2.23. The molecule has 2 aromatic carbocycles.